The minimum absolute atomic E-state index is 0.00107. The van der Waals surface area contributed by atoms with Crippen molar-refractivity contribution in [3.8, 4) is 0 Å². The van der Waals surface area contributed by atoms with Gasteiger partial charge in [-0.3, -0.25) is 0 Å². The Kier molecular flexibility index (Phi) is 6.49. The molecule has 19 heavy (non-hydrogen) atoms. The van der Waals surface area contributed by atoms with Gasteiger partial charge >= 0.3 is 0 Å². The Morgan fingerprint density at radius 1 is 1.11 bits per heavy atom. The van der Waals surface area contributed by atoms with E-state index in [2.05, 4.69) is 50.4 Å². The van der Waals surface area contributed by atoms with E-state index in [1.54, 1.807) is 0 Å². The topological polar surface area (TPSA) is 52.5 Å². The van der Waals surface area contributed by atoms with Gasteiger partial charge in [-0.2, -0.15) is 0 Å². The van der Waals surface area contributed by atoms with Gasteiger partial charge < -0.3 is 15.5 Å². The monoisotopic (exact) mass is 265 g/mol. The summed E-state index contributed by atoms with van der Waals surface area (Å²) in [6, 6.07) is 8.71. The van der Waals surface area contributed by atoms with Gasteiger partial charge in [-0.15, -0.1) is 0 Å². The number of hydrogen-bond acceptors (Lipinski definition) is 3. The summed E-state index contributed by atoms with van der Waals surface area (Å²) in [7, 11) is 0. The van der Waals surface area contributed by atoms with E-state index in [4.69, 9.17) is 10.2 Å². The number of rotatable bonds is 7. The minimum atomic E-state index is -0.00107. The molecule has 0 aliphatic rings. The lowest BCUT2D eigenvalue weighted by Crippen LogP contribution is -2.34. The van der Waals surface area contributed by atoms with E-state index in [-0.39, 0.29) is 24.7 Å². The zero-order valence-corrected chi connectivity index (χ0v) is 12.3. The van der Waals surface area contributed by atoms with Gasteiger partial charge in [-0.1, -0.05) is 45.0 Å². The lowest BCUT2D eigenvalue weighted by Gasteiger charge is -2.19. The second-order valence-electron chi connectivity index (χ2n) is 6.04. The first kappa shape index (κ1) is 16.2. The Morgan fingerprint density at radius 2 is 1.74 bits per heavy atom. The summed E-state index contributed by atoms with van der Waals surface area (Å²) in [6.45, 7) is 7.64. The maximum Gasteiger partial charge on any atom is 0.0585 e. The summed E-state index contributed by atoms with van der Waals surface area (Å²) in [5, 5.41) is 21.2. The fourth-order valence-corrected chi connectivity index (χ4v) is 2.01. The molecule has 0 aliphatic carbocycles. The molecule has 3 N–H and O–H groups in total. The molecule has 1 atom stereocenters. The number of nitrogens with one attached hydrogen (secondary N) is 1. The largest absolute Gasteiger partial charge is 0.396 e. The highest BCUT2D eigenvalue weighted by atomic mass is 16.3. The Balaban J connectivity index is 2.42. The lowest BCUT2D eigenvalue weighted by atomic mass is 9.86. The fraction of sp³-hybridized carbons (Fsp3) is 0.625. The molecule has 3 heteroatoms. The normalized spacial score (nSPS) is 13.5. The van der Waals surface area contributed by atoms with Crippen LogP contribution < -0.4 is 5.32 Å². The third kappa shape index (κ3) is 5.72. The van der Waals surface area contributed by atoms with Crippen LogP contribution in [0, 0.1) is 0 Å². The molecular formula is C16H27NO2. The van der Waals surface area contributed by atoms with Crippen LogP contribution in [0.5, 0.6) is 0 Å². The number of hydrogen-bond donors (Lipinski definition) is 3. The quantitative estimate of drug-likeness (QED) is 0.705. The van der Waals surface area contributed by atoms with Crippen LogP contribution in [0.3, 0.4) is 0 Å². The molecule has 0 heterocycles. The lowest BCUT2D eigenvalue weighted by molar-refractivity contribution is 0.201. The van der Waals surface area contributed by atoms with Crippen molar-refractivity contribution in [3.63, 3.8) is 0 Å². The van der Waals surface area contributed by atoms with Crippen LogP contribution in [-0.4, -0.2) is 36.0 Å². The summed E-state index contributed by atoms with van der Waals surface area (Å²) < 4.78 is 0. The second kappa shape index (κ2) is 7.63. The van der Waals surface area contributed by atoms with E-state index < -0.39 is 0 Å². The third-order valence-electron chi connectivity index (χ3n) is 3.36. The molecule has 1 aromatic carbocycles. The molecule has 1 rings (SSSR count). The van der Waals surface area contributed by atoms with Gasteiger partial charge in [0.1, 0.15) is 0 Å². The molecule has 0 fully saturated rings. The van der Waals surface area contributed by atoms with Gasteiger partial charge in [0.05, 0.1) is 6.61 Å². The predicted molar refractivity (Wildman–Crippen MR) is 79.4 cm³/mol. The molecule has 0 aliphatic heterocycles. The summed E-state index contributed by atoms with van der Waals surface area (Å²) in [5.74, 6) is 0. The molecule has 1 aromatic rings. The Hall–Kier alpha value is -0.900. The molecular weight excluding hydrogens is 238 g/mol. The molecule has 0 bridgehead atoms. The van der Waals surface area contributed by atoms with E-state index in [0.717, 1.165) is 13.0 Å². The van der Waals surface area contributed by atoms with Crippen molar-refractivity contribution in [2.24, 2.45) is 0 Å². The summed E-state index contributed by atoms with van der Waals surface area (Å²) in [5.41, 5.74) is 2.83. The third-order valence-corrected chi connectivity index (χ3v) is 3.36. The Morgan fingerprint density at radius 3 is 2.21 bits per heavy atom. The molecule has 0 spiro atoms. The Bertz CT molecular complexity index is 354. The van der Waals surface area contributed by atoms with Crippen molar-refractivity contribution >= 4 is 0 Å². The van der Waals surface area contributed by atoms with Crippen LogP contribution in [-0.2, 0) is 11.8 Å². The van der Waals surface area contributed by atoms with Crippen molar-refractivity contribution in [2.75, 3.05) is 19.8 Å². The number of benzene rings is 1. The molecule has 0 saturated heterocycles. The van der Waals surface area contributed by atoms with E-state index in [9.17, 15) is 0 Å². The maximum absolute atomic E-state index is 9.11. The van der Waals surface area contributed by atoms with Gasteiger partial charge in [-0.25, -0.2) is 0 Å². The van der Waals surface area contributed by atoms with Crippen LogP contribution in [0.25, 0.3) is 0 Å². The molecule has 0 radical (unpaired) electrons. The van der Waals surface area contributed by atoms with Crippen molar-refractivity contribution in [1.82, 2.24) is 5.32 Å². The molecule has 0 aromatic heterocycles. The van der Waals surface area contributed by atoms with Gasteiger partial charge in [-0.05, 0) is 35.9 Å². The highest BCUT2D eigenvalue weighted by Crippen LogP contribution is 2.22. The van der Waals surface area contributed by atoms with Crippen LogP contribution in [0.4, 0.5) is 0 Å². The zero-order chi connectivity index (χ0) is 14.3. The molecule has 0 amide bonds. The summed E-state index contributed by atoms with van der Waals surface area (Å²) in [4.78, 5) is 0. The van der Waals surface area contributed by atoms with Crippen LogP contribution in [0.2, 0.25) is 0 Å². The average Bonchev–Trinajstić information content (AvgIpc) is 2.37. The highest BCUT2D eigenvalue weighted by Gasteiger charge is 2.12. The van der Waals surface area contributed by atoms with Crippen molar-refractivity contribution in [2.45, 2.75) is 45.1 Å². The fourth-order valence-electron chi connectivity index (χ4n) is 2.01. The predicted octanol–water partition coefficient (Wildman–Crippen LogP) is 1.86. The van der Waals surface area contributed by atoms with Gasteiger partial charge in [0.2, 0.25) is 0 Å². The Labute approximate surface area is 116 Å². The van der Waals surface area contributed by atoms with E-state index in [0.29, 0.717) is 6.42 Å². The van der Waals surface area contributed by atoms with Crippen molar-refractivity contribution in [1.29, 1.82) is 0 Å². The molecule has 0 saturated carbocycles. The summed E-state index contributed by atoms with van der Waals surface area (Å²) in [6.07, 6.45) is 1.53. The van der Waals surface area contributed by atoms with Gasteiger partial charge in [0, 0.05) is 12.6 Å². The van der Waals surface area contributed by atoms with Crippen LogP contribution >= 0.6 is 0 Å². The average molecular weight is 265 g/mol. The molecule has 3 nitrogen and oxygen atoms in total. The molecule has 1 unspecified atom stereocenters. The van der Waals surface area contributed by atoms with Crippen LogP contribution in [0.1, 0.15) is 38.3 Å². The first-order valence-corrected chi connectivity index (χ1v) is 7.02. The standard InChI is InChI=1S/C16H27NO2/c1-16(2,3)14-6-4-13(5-7-14)8-10-17-15(12-19)9-11-18/h4-7,15,17-19H,8-12H2,1-3H3. The van der Waals surface area contributed by atoms with E-state index in [1.807, 2.05) is 0 Å². The van der Waals surface area contributed by atoms with Gasteiger partial charge in [0.25, 0.3) is 0 Å². The van der Waals surface area contributed by atoms with E-state index in [1.165, 1.54) is 11.1 Å². The number of aliphatic hydroxyl groups is 2. The highest BCUT2D eigenvalue weighted by molar-refractivity contribution is 5.27. The van der Waals surface area contributed by atoms with Crippen LogP contribution in [0.15, 0.2) is 24.3 Å². The van der Waals surface area contributed by atoms with E-state index >= 15 is 0 Å². The smallest absolute Gasteiger partial charge is 0.0585 e. The summed E-state index contributed by atoms with van der Waals surface area (Å²) >= 11 is 0. The minimum Gasteiger partial charge on any atom is -0.396 e. The maximum atomic E-state index is 9.11. The SMILES string of the molecule is CC(C)(C)c1ccc(CCNC(CO)CCO)cc1. The van der Waals surface area contributed by atoms with Gasteiger partial charge in [0.15, 0.2) is 0 Å². The molecule has 108 valence electrons. The first-order chi connectivity index (χ1) is 8.97. The number of aliphatic hydroxyl groups excluding tert-OH is 2. The zero-order valence-electron chi connectivity index (χ0n) is 12.3. The van der Waals surface area contributed by atoms with Crippen molar-refractivity contribution < 1.29 is 10.2 Å². The first-order valence-electron chi connectivity index (χ1n) is 7.02. The van der Waals surface area contributed by atoms with Crippen molar-refractivity contribution in [3.05, 3.63) is 35.4 Å². The second-order valence-corrected chi connectivity index (χ2v) is 6.04.